The molecule has 0 fully saturated rings. The summed E-state index contributed by atoms with van der Waals surface area (Å²) in [6.45, 7) is 19.7. The smallest absolute Gasteiger partial charge is 0.408 e. The fraction of sp³-hybridized carbons (Fsp3) is 0.700. The van der Waals surface area contributed by atoms with Crippen molar-refractivity contribution in [1.82, 2.24) is 15.5 Å². The lowest BCUT2D eigenvalue weighted by molar-refractivity contribution is -0.143. The second kappa shape index (κ2) is 15.0. The first kappa shape index (κ1) is 32.5. The van der Waals surface area contributed by atoms with Crippen LogP contribution in [0.25, 0.3) is 0 Å². The largest absolute Gasteiger partial charge is 0.444 e. The van der Waals surface area contributed by atoms with Gasteiger partial charge in [-0.25, -0.2) is 4.79 Å². The number of hydrogen-bond acceptors (Lipinski definition) is 4. The van der Waals surface area contributed by atoms with Gasteiger partial charge in [0, 0.05) is 12.6 Å². The van der Waals surface area contributed by atoms with Crippen LogP contribution in [0.15, 0.2) is 18.2 Å². The number of rotatable bonds is 13. The average molecular weight is 518 g/mol. The van der Waals surface area contributed by atoms with Gasteiger partial charge < -0.3 is 20.3 Å². The molecule has 1 aromatic rings. The molecular weight excluding hydrogens is 466 g/mol. The maximum Gasteiger partial charge on any atom is 0.408 e. The molecule has 37 heavy (non-hydrogen) atoms. The number of aryl methyl sites for hydroxylation is 2. The Balaban J connectivity index is 3.54. The van der Waals surface area contributed by atoms with Gasteiger partial charge in [0.2, 0.25) is 11.8 Å². The van der Waals surface area contributed by atoms with Crippen LogP contribution in [0.2, 0.25) is 0 Å². The number of hydrogen-bond donors (Lipinski definition) is 2. The number of carbonyl (C=O) groups excluding carboxylic acids is 3. The number of nitrogens with one attached hydrogen (secondary N) is 2. The highest BCUT2D eigenvalue weighted by Crippen LogP contribution is 2.27. The number of nitrogens with zero attached hydrogens (tertiary/aromatic N) is 1. The van der Waals surface area contributed by atoms with E-state index >= 15 is 0 Å². The van der Waals surface area contributed by atoms with E-state index in [0.717, 1.165) is 48.8 Å². The number of ether oxygens (including phenoxy) is 1. The average Bonchev–Trinajstić information content (AvgIpc) is 2.74. The molecule has 3 unspecified atom stereocenters. The third-order valence-corrected chi connectivity index (χ3v) is 6.12. The van der Waals surface area contributed by atoms with Crippen LogP contribution in [-0.2, 0) is 14.3 Å². The highest BCUT2D eigenvalue weighted by molar-refractivity contribution is 5.92. The highest BCUT2D eigenvalue weighted by Gasteiger charge is 2.37. The maximum absolute atomic E-state index is 14.2. The molecule has 210 valence electrons. The van der Waals surface area contributed by atoms with Crippen molar-refractivity contribution in [2.75, 3.05) is 6.54 Å². The molecule has 0 saturated heterocycles. The Bertz CT molecular complexity index is 871. The second-order valence-electron chi connectivity index (χ2n) is 11.6. The van der Waals surface area contributed by atoms with Gasteiger partial charge in [-0.15, -0.1) is 0 Å². The fourth-order valence-corrected chi connectivity index (χ4v) is 4.49. The summed E-state index contributed by atoms with van der Waals surface area (Å²) >= 11 is 0. The molecule has 7 heteroatoms. The van der Waals surface area contributed by atoms with E-state index in [1.807, 2.05) is 46.8 Å². The Labute approximate surface area is 225 Å². The van der Waals surface area contributed by atoms with Crippen molar-refractivity contribution in [1.29, 1.82) is 0 Å². The van der Waals surface area contributed by atoms with E-state index in [4.69, 9.17) is 4.74 Å². The Morgan fingerprint density at radius 2 is 1.51 bits per heavy atom. The molecule has 3 atom stereocenters. The van der Waals surface area contributed by atoms with Crippen molar-refractivity contribution in [2.45, 2.75) is 125 Å². The monoisotopic (exact) mass is 517 g/mol. The summed E-state index contributed by atoms with van der Waals surface area (Å²) in [6.07, 6.45) is 3.84. The summed E-state index contributed by atoms with van der Waals surface area (Å²) in [5.74, 6) is -0.675. The minimum Gasteiger partial charge on any atom is -0.444 e. The van der Waals surface area contributed by atoms with Gasteiger partial charge in [0.15, 0.2) is 0 Å². The summed E-state index contributed by atoms with van der Waals surface area (Å²) in [6, 6.07) is 4.37. The van der Waals surface area contributed by atoms with E-state index in [-0.39, 0.29) is 23.8 Å². The molecule has 3 amide bonds. The molecule has 0 aromatic heterocycles. The van der Waals surface area contributed by atoms with Crippen molar-refractivity contribution in [3.63, 3.8) is 0 Å². The number of carbonyl (C=O) groups is 3. The zero-order valence-electron chi connectivity index (χ0n) is 24.9. The fourth-order valence-electron chi connectivity index (χ4n) is 4.49. The van der Waals surface area contributed by atoms with Gasteiger partial charge >= 0.3 is 6.09 Å². The molecule has 0 aliphatic rings. The molecule has 1 aromatic carbocycles. The minimum atomic E-state index is -0.828. The molecule has 0 heterocycles. The molecule has 0 bridgehead atoms. The van der Waals surface area contributed by atoms with Crippen LogP contribution in [-0.4, -0.2) is 47.0 Å². The quantitative estimate of drug-likeness (QED) is 0.304. The Hall–Kier alpha value is -2.57. The SMILES string of the molecule is CCCCCN(C(=O)C(NC(=O)OC(C)(C)C)C(C)C)C(C(=O)NC(C)CCC)c1cc(C)cc(C)c1. The molecule has 0 aliphatic carbocycles. The van der Waals surface area contributed by atoms with Crippen LogP contribution in [0, 0.1) is 19.8 Å². The minimum absolute atomic E-state index is 0.0146. The number of alkyl carbamates (subject to hydrolysis) is 1. The standard InChI is InChI=1S/C30H51N3O4/c1-11-13-14-16-33(28(35)25(20(3)4)32-29(36)37-30(8,9)10)26(27(34)31-23(7)15-12-2)24-18-21(5)17-22(6)19-24/h17-20,23,25-26H,11-16H2,1-10H3,(H,31,34)(H,32,36). The Morgan fingerprint density at radius 1 is 0.919 bits per heavy atom. The predicted octanol–water partition coefficient (Wildman–Crippen LogP) is 6.22. The van der Waals surface area contributed by atoms with Crippen LogP contribution in [0.5, 0.6) is 0 Å². The summed E-state index contributed by atoms with van der Waals surface area (Å²) in [4.78, 5) is 42.3. The molecule has 7 nitrogen and oxygen atoms in total. The lowest BCUT2D eigenvalue weighted by atomic mass is 9.96. The molecule has 0 spiro atoms. The van der Waals surface area contributed by atoms with Crippen LogP contribution >= 0.6 is 0 Å². The van der Waals surface area contributed by atoms with Crippen molar-refractivity contribution >= 4 is 17.9 Å². The van der Waals surface area contributed by atoms with Gasteiger partial charge in [0.1, 0.15) is 17.7 Å². The predicted molar refractivity (Wildman–Crippen MR) is 150 cm³/mol. The summed E-state index contributed by atoms with van der Waals surface area (Å²) in [5, 5.41) is 5.93. The second-order valence-corrected chi connectivity index (χ2v) is 11.6. The van der Waals surface area contributed by atoms with Gasteiger partial charge in [0.05, 0.1) is 0 Å². The normalized spacial score (nSPS) is 14.0. The molecule has 2 N–H and O–H groups in total. The van der Waals surface area contributed by atoms with Crippen molar-refractivity contribution in [2.24, 2.45) is 5.92 Å². The third-order valence-electron chi connectivity index (χ3n) is 6.12. The molecule has 0 aliphatic heterocycles. The van der Waals surface area contributed by atoms with Crippen molar-refractivity contribution in [3.05, 3.63) is 34.9 Å². The first-order valence-corrected chi connectivity index (χ1v) is 13.9. The topological polar surface area (TPSA) is 87.7 Å². The van der Waals surface area contributed by atoms with Gasteiger partial charge in [-0.3, -0.25) is 9.59 Å². The van der Waals surface area contributed by atoms with E-state index in [1.54, 1.807) is 25.7 Å². The zero-order chi connectivity index (χ0) is 28.3. The van der Waals surface area contributed by atoms with E-state index in [2.05, 4.69) is 30.5 Å². The Kier molecular flexibility index (Phi) is 13.2. The van der Waals surface area contributed by atoms with E-state index in [0.29, 0.717) is 6.54 Å². The maximum atomic E-state index is 14.2. The summed E-state index contributed by atoms with van der Waals surface area (Å²) in [7, 11) is 0. The highest BCUT2D eigenvalue weighted by atomic mass is 16.6. The van der Waals surface area contributed by atoms with Crippen LogP contribution in [0.3, 0.4) is 0 Å². The van der Waals surface area contributed by atoms with Gasteiger partial charge in [-0.1, -0.05) is 76.3 Å². The van der Waals surface area contributed by atoms with Crippen LogP contribution in [0.4, 0.5) is 4.79 Å². The van der Waals surface area contributed by atoms with Crippen LogP contribution in [0.1, 0.15) is 110 Å². The van der Waals surface area contributed by atoms with Gasteiger partial charge in [-0.05, 0) is 65.9 Å². The Morgan fingerprint density at radius 3 is 2.00 bits per heavy atom. The number of unbranched alkanes of at least 4 members (excludes halogenated alkanes) is 2. The molecule has 1 rings (SSSR count). The van der Waals surface area contributed by atoms with E-state index in [9.17, 15) is 14.4 Å². The molecular formula is C30H51N3O4. The first-order valence-electron chi connectivity index (χ1n) is 13.9. The molecule has 0 radical (unpaired) electrons. The number of benzene rings is 1. The van der Waals surface area contributed by atoms with E-state index < -0.39 is 23.8 Å². The van der Waals surface area contributed by atoms with Crippen molar-refractivity contribution < 1.29 is 19.1 Å². The van der Waals surface area contributed by atoms with E-state index in [1.165, 1.54) is 0 Å². The number of amides is 3. The zero-order valence-corrected chi connectivity index (χ0v) is 24.9. The summed E-state index contributed by atoms with van der Waals surface area (Å²) in [5.41, 5.74) is 2.15. The van der Waals surface area contributed by atoms with Gasteiger partial charge in [0.25, 0.3) is 0 Å². The lowest BCUT2D eigenvalue weighted by Crippen LogP contribution is -2.55. The third kappa shape index (κ3) is 11.1. The van der Waals surface area contributed by atoms with Crippen molar-refractivity contribution in [3.8, 4) is 0 Å². The van der Waals surface area contributed by atoms with Crippen LogP contribution < -0.4 is 10.6 Å². The first-order chi connectivity index (χ1) is 17.2. The van der Waals surface area contributed by atoms with Gasteiger partial charge in [-0.2, -0.15) is 0 Å². The lowest BCUT2D eigenvalue weighted by Gasteiger charge is -2.36. The summed E-state index contributed by atoms with van der Waals surface area (Å²) < 4.78 is 5.45. The molecule has 0 saturated carbocycles.